The summed E-state index contributed by atoms with van der Waals surface area (Å²) in [5.41, 5.74) is 0. The van der Waals surface area contributed by atoms with Gasteiger partial charge in [-0.05, 0) is 30.4 Å². The van der Waals surface area contributed by atoms with Gasteiger partial charge in [0.1, 0.15) is 0 Å². The van der Waals surface area contributed by atoms with Crippen molar-refractivity contribution in [2.24, 2.45) is 0 Å². The predicted molar refractivity (Wildman–Crippen MR) is 58.5 cm³/mol. The summed E-state index contributed by atoms with van der Waals surface area (Å²) in [4.78, 5) is 22.9. The molecule has 0 unspecified atom stereocenters. The molecule has 0 bridgehead atoms. The average Bonchev–Trinajstić information content (AvgIpc) is 2.28. The number of amides is 2. The number of hydrogen-bond acceptors (Lipinski definition) is 4. The summed E-state index contributed by atoms with van der Waals surface area (Å²) in [5, 5.41) is 2.30. The minimum atomic E-state index is -0.490. The van der Waals surface area contributed by atoms with Gasteiger partial charge in [0.25, 0.3) is 0 Å². The van der Waals surface area contributed by atoms with E-state index < -0.39 is 6.09 Å². The lowest BCUT2D eigenvalue weighted by Crippen LogP contribution is -2.51. The Labute approximate surface area is 97.1 Å². The van der Waals surface area contributed by atoms with Crippen LogP contribution in [0.1, 0.15) is 19.8 Å². The lowest BCUT2D eigenvalue weighted by Gasteiger charge is -2.36. The molecule has 0 N–H and O–H groups in total. The van der Waals surface area contributed by atoms with Gasteiger partial charge >= 0.3 is 11.3 Å². The largest absolute Gasteiger partial charge is 0.448 e. The number of hydrazine groups is 1. The smallest absolute Gasteiger partial charge is 0.428 e. The fourth-order valence-corrected chi connectivity index (χ4v) is 1.89. The quantitative estimate of drug-likeness (QED) is 0.719. The van der Waals surface area contributed by atoms with Gasteiger partial charge < -0.3 is 4.74 Å². The predicted octanol–water partition coefficient (Wildman–Crippen LogP) is 2.46. The van der Waals surface area contributed by atoms with Crippen LogP contribution in [0.5, 0.6) is 0 Å². The monoisotopic (exact) mass is 252 g/mol. The number of carbonyl (C=O) groups is 2. The zero-order valence-electron chi connectivity index (χ0n) is 8.44. The number of nitrogens with zero attached hydrogens (tertiary/aromatic N) is 2. The van der Waals surface area contributed by atoms with Crippen LogP contribution in [-0.4, -0.2) is 41.0 Å². The average molecular weight is 253 g/mol. The van der Waals surface area contributed by atoms with Crippen LogP contribution in [0.2, 0.25) is 0 Å². The van der Waals surface area contributed by atoms with Crippen molar-refractivity contribution in [1.29, 1.82) is 0 Å². The van der Waals surface area contributed by atoms with Crippen molar-refractivity contribution in [3.63, 3.8) is 0 Å². The van der Waals surface area contributed by atoms with Gasteiger partial charge in [0, 0.05) is 24.1 Å². The third-order valence-corrected chi connectivity index (χ3v) is 2.78. The molecule has 0 aromatic heterocycles. The molecule has 7 heteroatoms. The fraction of sp³-hybridized carbons (Fsp3) is 0.750. The van der Waals surface area contributed by atoms with E-state index in [9.17, 15) is 9.59 Å². The summed E-state index contributed by atoms with van der Waals surface area (Å²) >= 11 is 0. The zero-order valence-corrected chi connectivity index (χ0v) is 10.0. The van der Waals surface area contributed by atoms with Crippen molar-refractivity contribution >= 4 is 33.0 Å². The van der Waals surface area contributed by atoms with Crippen LogP contribution >= 0.6 is 21.7 Å². The Morgan fingerprint density at radius 3 is 2.47 bits per heavy atom. The molecule has 15 heavy (non-hydrogen) atoms. The van der Waals surface area contributed by atoms with E-state index in [0.717, 1.165) is 12.8 Å². The van der Waals surface area contributed by atoms with Crippen molar-refractivity contribution in [2.75, 3.05) is 19.7 Å². The Morgan fingerprint density at radius 2 is 1.93 bits per heavy atom. The molecule has 1 fully saturated rings. The SMILES string of the molecule is CCOC(=O)N1CCCCN1C(=O)SCl. The maximum atomic E-state index is 11.5. The molecule has 1 rings (SSSR count). The first-order valence-electron chi connectivity index (χ1n) is 4.75. The van der Waals surface area contributed by atoms with Crippen LogP contribution in [-0.2, 0) is 4.74 Å². The maximum absolute atomic E-state index is 11.5. The molecule has 0 atom stereocenters. The molecular formula is C8H13ClN2O3S. The first kappa shape index (κ1) is 12.4. The Kier molecular flexibility index (Phi) is 5.04. The molecule has 5 nitrogen and oxygen atoms in total. The van der Waals surface area contributed by atoms with Crippen LogP contribution in [0.3, 0.4) is 0 Å². The van der Waals surface area contributed by atoms with E-state index in [0.29, 0.717) is 30.7 Å². The molecule has 1 saturated heterocycles. The van der Waals surface area contributed by atoms with Gasteiger partial charge in [-0.25, -0.2) is 14.8 Å². The van der Waals surface area contributed by atoms with Crippen LogP contribution in [0.4, 0.5) is 9.59 Å². The van der Waals surface area contributed by atoms with Crippen LogP contribution in [0.15, 0.2) is 0 Å². The van der Waals surface area contributed by atoms with Crippen molar-refractivity contribution in [2.45, 2.75) is 19.8 Å². The highest BCUT2D eigenvalue weighted by atomic mass is 35.7. The van der Waals surface area contributed by atoms with Gasteiger partial charge in [-0.15, -0.1) is 0 Å². The number of halogens is 1. The van der Waals surface area contributed by atoms with Crippen molar-refractivity contribution in [3.8, 4) is 0 Å². The molecule has 0 spiro atoms. The van der Waals surface area contributed by atoms with Crippen molar-refractivity contribution in [1.82, 2.24) is 10.0 Å². The molecule has 0 saturated carbocycles. The third-order valence-electron chi connectivity index (χ3n) is 2.04. The summed E-state index contributed by atoms with van der Waals surface area (Å²) in [7, 11) is 5.96. The van der Waals surface area contributed by atoms with E-state index in [2.05, 4.69) is 0 Å². The molecule has 0 aromatic carbocycles. The Bertz CT molecular complexity index is 252. The summed E-state index contributed by atoms with van der Waals surface area (Å²) in [6.07, 6.45) is 1.26. The van der Waals surface area contributed by atoms with Crippen molar-refractivity contribution in [3.05, 3.63) is 0 Å². The van der Waals surface area contributed by atoms with Crippen LogP contribution in [0.25, 0.3) is 0 Å². The van der Waals surface area contributed by atoms with Gasteiger partial charge in [-0.3, -0.25) is 4.79 Å². The molecule has 1 aliphatic heterocycles. The number of rotatable bonds is 1. The minimum Gasteiger partial charge on any atom is -0.448 e. The van der Waals surface area contributed by atoms with Gasteiger partial charge in [0.15, 0.2) is 0 Å². The third kappa shape index (κ3) is 3.17. The highest BCUT2D eigenvalue weighted by Gasteiger charge is 2.29. The van der Waals surface area contributed by atoms with Gasteiger partial charge in [-0.1, -0.05) is 0 Å². The second-order valence-corrected chi connectivity index (χ2v) is 3.96. The fourth-order valence-electron chi connectivity index (χ4n) is 1.38. The van der Waals surface area contributed by atoms with E-state index in [4.69, 9.17) is 15.4 Å². The number of hydrogen-bond donors (Lipinski definition) is 0. The summed E-state index contributed by atoms with van der Waals surface area (Å²) in [6, 6.07) is 0. The number of ether oxygens (including phenoxy) is 1. The molecule has 0 aromatic rings. The second kappa shape index (κ2) is 6.07. The minimum absolute atomic E-state index is 0.297. The van der Waals surface area contributed by atoms with Gasteiger partial charge in [-0.2, -0.15) is 0 Å². The molecule has 1 heterocycles. The van der Waals surface area contributed by atoms with Crippen LogP contribution < -0.4 is 0 Å². The lowest BCUT2D eigenvalue weighted by molar-refractivity contribution is -0.00330. The molecule has 2 amide bonds. The summed E-state index contributed by atoms with van der Waals surface area (Å²) in [6.45, 7) is 3.04. The second-order valence-electron chi connectivity index (χ2n) is 3.00. The molecular weight excluding hydrogens is 240 g/mol. The Hall–Kier alpha value is -0.620. The van der Waals surface area contributed by atoms with Crippen molar-refractivity contribution < 1.29 is 14.3 Å². The number of carbonyl (C=O) groups excluding carboxylic acids is 2. The normalized spacial score (nSPS) is 16.4. The van der Waals surface area contributed by atoms with E-state index in [1.165, 1.54) is 10.0 Å². The Morgan fingerprint density at radius 1 is 1.33 bits per heavy atom. The van der Waals surface area contributed by atoms with Gasteiger partial charge in [0.05, 0.1) is 6.61 Å². The van der Waals surface area contributed by atoms with Gasteiger partial charge in [0.2, 0.25) is 0 Å². The first-order chi connectivity index (χ1) is 7.20. The standard InChI is InChI=1S/C8H13ClN2O3S/c1-2-14-7(12)10-5-3-4-6-11(10)8(13)15-9/h2-6H2,1H3. The molecule has 0 radical (unpaired) electrons. The highest BCUT2D eigenvalue weighted by Crippen LogP contribution is 2.20. The first-order valence-corrected chi connectivity index (χ1v) is 6.39. The molecule has 86 valence electrons. The maximum Gasteiger partial charge on any atom is 0.428 e. The van der Waals surface area contributed by atoms with E-state index in [-0.39, 0.29) is 5.24 Å². The molecule has 0 aliphatic carbocycles. The van der Waals surface area contributed by atoms with E-state index in [1.807, 2.05) is 0 Å². The topological polar surface area (TPSA) is 49.9 Å². The Balaban J connectivity index is 2.65. The highest BCUT2D eigenvalue weighted by molar-refractivity contribution is 8.32. The summed E-state index contributed by atoms with van der Waals surface area (Å²) < 4.78 is 4.85. The molecule has 1 aliphatic rings. The van der Waals surface area contributed by atoms with Crippen LogP contribution in [0, 0.1) is 0 Å². The van der Waals surface area contributed by atoms with E-state index >= 15 is 0 Å². The lowest BCUT2D eigenvalue weighted by atomic mass is 10.2. The summed E-state index contributed by atoms with van der Waals surface area (Å²) in [5.74, 6) is 0. The van der Waals surface area contributed by atoms with E-state index in [1.54, 1.807) is 6.92 Å². The zero-order chi connectivity index (χ0) is 11.3.